The van der Waals surface area contributed by atoms with Gasteiger partial charge in [0.15, 0.2) is 8.32 Å². The number of epoxide rings is 1. The normalized spacial score (nSPS) is 19.0. The topological polar surface area (TPSA) is 58.7 Å². The van der Waals surface area contributed by atoms with Crippen LogP contribution in [-0.2, 0) is 26.6 Å². The van der Waals surface area contributed by atoms with E-state index in [-0.39, 0.29) is 0 Å². The van der Waals surface area contributed by atoms with Crippen molar-refractivity contribution in [1.29, 1.82) is 0 Å². The Labute approximate surface area is 143 Å². The van der Waals surface area contributed by atoms with E-state index in [0.29, 0.717) is 25.4 Å². The van der Waals surface area contributed by atoms with E-state index in [1.165, 1.54) is 0 Å². The third-order valence-corrected chi connectivity index (χ3v) is 14.0. The Kier molecular flexibility index (Phi) is 8.31. The monoisotopic (exact) mass is 380 g/mol. The molecule has 1 saturated heterocycles. The minimum atomic E-state index is -2.74. The zero-order chi connectivity index (χ0) is 17.6. The number of hydrogen-bond acceptors (Lipinski definition) is 6. The third-order valence-electron chi connectivity index (χ3n) is 3.50. The van der Waals surface area contributed by atoms with Gasteiger partial charge in [-0.15, -0.1) is 6.58 Å². The second-order valence-corrected chi connectivity index (χ2v) is 17.4. The fourth-order valence-corrected chi connectivity index (χ4v) is 13.4. The predicted molar refractivity (Wildman–Crippen MR) is 97.1 cm³/mol. The molecule has 0 aromatic rings. The van der Waals surface area contributed by atoms with E-state index < -0.39 is 25.7 Å². The van der Waals surface area contributed by atoms with Crippen LogP contribution in [-0.4, -0.2) is 65.8 Å². The lowest BCUT2D eigenvalue weighted by Gasteiger charge is -2.37. The number of ether oxygens (including phenoxy) is 2. The largest absolute Gasteiger partial charge is 0.491 e. The molecule has 0 aromatic carbocycles. The maximum Gasteiger partial charge on any atom is 0.491 e. The molecule has 0 N–H and O–H groups in total. The van der Waals surface area contributed by atoms with Crippen LogP contribution in [0.25, 0.3) is 0 Å². The maximum absolute atomic E-state index is 6.32. The number of rotatable bonds is 13. The van der Waals surface area contributed by atoms with E-state index in [2.05, 4.69) is 19.7 Å². The highest BCUT2D eigenvalue weighted by Crippen LogP contribution is 2.25. The van der Waals surface area contributed by atoms with E-state index in [0.717, 1.165) is 13.0 Å². The van der Waals surface area contributed by atoms with Crippen LogP contribution in [0.4, 0.5) is 0 Å². The van der Waals surface area contributed by atoms with Crippen molar-refractivity contribution < 1.29 is 26.6 Å². The Bertz CT molecular complexity index is 370. The molecule has 1 heterocycles. The van der Waals surface area contributed by atoms with Crippen LogP contribution in [0, 0.1) is 0 Å². The van der Waals surface area contributed by atoms with Gasteiger partial charge in [0.25, 0.3) is 0 Å². The minimum absolute atomic E-state index is 0.295. The van der Waals surface area contributed by atoms with Gasteiger partial charge >= 0.3 is 17.4 Å². The van der Waals surface area contributed by atoms with Gasteiger partial charge in [0.05, 0.1) is 13.2 Å². The Balaban J connectivity index is 2.50. The molecule has 1 unspecified atom stereocenters. The summed E-state index contributed by atoms with van der Waals surface area (Å²) in [5, 5.41) is 0. The van der Waals surface area contributed by atoms with E-state index >= 15 is 0 Å². The van der Waals surface area contributed by atoms with Crippen LogP contribution in [0.1, 0.15) is 6.42 Å². The molecule has 0 aliphatic carbocycles. The molecule has 0 saturated carbocycles. The Morgan fingerprint density at radius 1 is 1.13 bits per heavy atom. The van der Waals surface area contributed by atoms with Gasteiger partial charge in [0.1, 0.15) is 6.10 Å². The molecular weight excluding hydrogens is 348 g/mol. The summed E-state index contributed by atoms with van der Waals surface area (Å²) < 4.78 is 34.6. The molecule has 136 valence electrons. The maximum atomic E-state index is 6.32. The highest BCUT2D eigenvalue weighted by molar-refractivity contribution is 6.87. The first-order valence-corrected chi connectivity index (χ1v) is 15.7. The van der Waals surface area contributed by atoms with Crippen LogP contribution in [0.2, 0.25) is 32.2 Å². The van der Waals surface area contributed by atoms with E-state index in [4.69, 9.17) is 26.6 Å². The van der Waals surface area contributed by atoms with Gasteiger partial charge in [-0.1, -0.05) is 5.70 Å². The zero-order valence-corrected chi connectivity index (χ0v) is 18.3. The molecule has 1 rings (SSSR count). The summed E-state index contributed by atoms with van der Waals surface area (Å²) in [7, 11) is -3.73. The molecule has 23 heavy (non-hydrogen) atoms. The zero-order valence-electron chi connectivity index (χ0n) is 15.3. The predicted octanol–water partition coefficient (Wildman–Crippen LogP) is 2.69. The summed E-state index contributed by atoms with van der Waals surface area (Å²) in [6, 6.07) is 0.710. The highest BCUT2D eigenvalue weighted by atomic mass is 28.5. The first-order valence-electron chi connectivity index (χ1n) is 8.01. The van der Waals surface area contributed by atoms with Crippen LogP contribution in [0.3, 0.4) is 0 Å². The van der Waals surface area contributed by atoms with Crippen molar-refractivity contribution in [1.82, 2.24) is 0 Å². The number of hydrogen-bond donors (Lipinski definition) is 0. The lowest BCUT2D eigenvalue weighted by molar-refractivity contribution is 0.107. The van der Waals surface area contributed by atoms with Crippen molar-refractivity contribution in [2.45, 2.75) is 44.8 Å². The Hall–Kier alpha value is 0.151. The molecule has 6 nitrogen and oxygen atoms in total. The summed E-state index contributed by atoms with van der Waals surface area (Å²) >= 11 is 0. The van der Waals surface area contributed by atoms with Crippen molar-refractivity contribution in [3.63, 3.8) is 0 Å². The second kappa shape index (κ2) is 9.02. The molecule has 0 aromatic heterocycles. The highest BCUT2D eigenvalue weighted by Gasteiger charge is 2.47. The lowest BCUT2D eigenvalue weighted by atomic mass is 10.5. The van der Waals surface area contributed by atoms with Gasteiger partial charge in [0, 0.05) is 26.9 Å². The van der Waals surface area contributed by atoms with Gasteiger partial charge in [-0.25, -0.2) is 0 Å². The molecule has 0 amide bonds. The van der Waals surface area contributed by atoms with Crippen molar-refractivity contribution >= 4 is 25.7 Å². The first-order chi connectivity index (χ1) is 10.7. The fourth-order valence-electron chi connectivity index (χ4n) is 2.26. The van der Waals surface area contributed by atoms with E-state index in [1.807, 2.05) is 18.8 Å². The van der Waals surface area contributed by atoms with Crippen LogP contribution in [0.15, 0.2) is 12.3 Å². The van der Waals surface area contributed by atoms with Crippen molar-refractivity contribution in [3.8, 4) is 0 Å². The van der Waals surface area contributed by atoms with Gasteiger partial charge < -0.3 is 26.6 Å². The van der Waals surface area contributed by atoms with Crippen molar-refractivity contribution in [3.05, 3.63) is 12.3 Å². The summed E-state index contributed by atoms with van der Waals surface area (Å²) in [6.07, 6.45) is 1.12. The van der Waals surface area contributed by atoms with Gasteiger partial charge in [-0.2, -0.15) is 0 Å². The smallest absolute Gasteiger partial charge is 0.433 e. The SMILES string of the molecule is C=C[Si](C)(C)O[Si](C)(C)O[Si](CCCOCC1CO1)(OC)OC. The van der Waals surface area contributed by atoms with Crippen molar-refractivity contribution in [2.75, 3.05) is 34.0 Å². The molecule has 1 fully saturated rings. The molecule has 1 aliphatic rings. The lowest BCUT2D eigenvalue weighted by Crippen LogP contribution is -2.56. The van der Waals surface area contributed by atoms with Gasteiger partial charge in [-0.05, 0) is 32.6 Å². The average molecular weight is 381 g/mol. The van der Waals surface area contributed by atoms with Crippen LogP contribution < -0.4 is 0 Å². The van der Waals surface area contributed by atoms with Gasteiger partial charge in [0.2, 0.25) is 0 Å². The van der Waals surface area contributed by atoms with Crippen LogP contribution in [0.5, 0.6) is 0 Å². The standard InChI is InChI=1S/C14H32O6Si3/c1-8-21(4,5)19-22(6,7)20-23(15-2,16-3)11-9-10-17-12-14-13-18-14/h8,14H,1,9-13H2,2-7H3. The Morgan fingerprint density at radius 2 is 1.74 bits per heavy atom. The van der Waals surface area contributed by atoms with Crippen molar-refractivity contribution in [2.24, 2.45) is 0 Å². The molecule has 0 radical (unpaired) electrons. The van der Waals surface area contributed by atoms with Crippen LogP contribution >= 0.6 is 0 Å². The summed E-state index contributed by atoms with van der Waals surface area (Å²) in [6.45, 7) is 14.3. The van der Waals surface area contributed by atoms with E-state index in [9.17, 15) is 0 Å². The summed E-state index contributed by atoms with van der Waals surface area (Å²) in [5.41, 5.74) is 1.92. The fraction of sp³-hybridized carbons (Fsp3) is 0.857. The summed E-state index contributed by atoms with van der Waals surface area (Å²) in [4.78, 5) is 0. The Morgan fingerprint density at radius 3 is 2.22 bits per heavy atom. The third kappa shape index (κ3) is 8.18. The molecule has 0 spiro atoms. The van der Waals surface area contributed by atoms with E-state index in [1.54, 1.807) is 14.2 Å². The quantitative estimate of drug-likeness (QED) is 0.278. The average Bonchev–Trinajstić information content (AvgIpc) is 3.28. The molecule has 9 heteroatoms. The molecule has 1 atom stereocenters. The second-order valence-electron chi connectivity index (χ2n) is 6.64. The van der Waals surface area contributed by atoms with Gasteiger partial charge in [-0.3, -0.25) is 0 Å². The molecular formula is C14H32O6Si3. The minimum Gasteiger partial charge on any atom is -0.433 e. The molecule has 1 aliphatic heterocycles. The first kappa shape index (κ1) is 21.2. The summed E-state index contributed by atoms with van der Waals surface area (Å²) in [5.74, 6) is 0. The molecule has 0 bridgehead atoms.